The van der Waals surface area contributed by atoms with Gasteiger partial charge in [-0.1, -0.05) is 0 Å². The molecule has 0 atom stereocenters. The summed E-state index contributed by atoms with van der Waals surface area (Å²) in [6.45, 7) is 0. The first kappa shape index (κ1) is 9.19. The Morgan fingerprint density at radius 3 is 2.92 bits per heavy atom. The van der Waals surface area contributed by atoms with Gasteiger partial charge in [0.1, 0.15) is 0 Å². The minimum atomic E-state index is -0.616. The Bertz CT molecular complexity index is 414. The number of fused-ring (bicyclic) bond motifs is 1. The fraction of sp³-hybridized carbons (Fsp3) is 0.286. The van der Waals surface area contributed by atoms with Crippen molar-refractivity contribution >= 4 is 41.5 Å². The van der Waals surface area contributed by atoms with Gasteiger partial charge in [-0.2, -0.15) is 0 Å². The van der Waals surface area contributed by atoms with E-state index in [4.69, 9.17) is 0 Å². The van der Waals surface area contributed by atoms with E-state index in [1.807, 2.05) is 0 Å². The van der Waals surface area contributed by atoms with Crippen molar-refractivity contribution in [2.45, 2.75) is 11.4 Å². The Labute approximate surface area is 85.4 Å². The van der Waals surface area contributed by atoms with E-state index in [9.17, 15) is 0 Å². The molecule has 68 valence electrons. The van der Waals surface area contributed by atoms with Crippen LogP contribution in [0, 0.1) is 0 Å². The minimum absolute atomic E-state index is 0.542. The molecule has 2 aromatic rings. The molecule has 0 saturated heterocycles. The Hall–Kier alpha value is -0.372. The Kier molecular flexibility index (Phi) is 2.68. The molecule has 0 aliphatic heterocycles. The standard InChI is InChI=1S/C7H9AsN4Se/c1-8(2)13-7-5-6(10-3-9-5)11-4-12-7/h3-4H,1-2H3,(H,9,10,11,12). The molecule has 13 heavy (non-hydrogen) atoms. The van der Waals surface area contributed by atoms with Gasteiger partial charge in [0.25, 0.3) is 0 Å². The van der Waals surface area contributed by atoms with Crippen molar-refractivity contribution in [3.63, 3.8) is 0 Å². The molecule has 0 aromatic carbocycles. The number of rotatable bonds is 2. The molecule has 0 fully saturated rings. The predicted molar refractivity (Wildman–Crippen MR) is 54.6 cm³/mol. The van der Waals surface area contributed by atoms with E-state index in [1.54, 1.807) is 12.7 Å². The van der Waals surface area contributed by atoms with Gasteiger partial charge in [-0.25, -0.2) is 0 Å². The molecule has 2 aromatic heterocycles. The zero-order chi connectivity index (χ0) is 9.26. The summed E-state index contributed by atoms with van der Waals surface area (Å²) >= 11 is -0.0738. The summed E-state index contributed by atoms with van der Waals surface area (Å²) in [5.41, 5.74) is 6.52. The molecule has 0 radical (unpaired) electrons. The average molecular weight is 303 g/mol. The van der Waals surface area contributed by atoms with Crippen molar-refractivity contribution in [3.8, 4) is 0 Å². The Morgan fingerprint density at radius 1 is 1.31 bits per heavy atom. The predicted octanol–water partition coefficient (Wildman–Crippen LogP) is -0.0665. The molecule has 2 heterocycles. The van der Waals surface area contributed by atoms with E-state index in [1.165, 1.54) is 4.59 Å². The molecule has 0 spiro atoms. The summed E-state index contributed by atoms with van der Waals surface area (Å²) < 4.78 is 1.18. The third kappa shape index (κ3) is 1.93. The summed E-state index contributed by atoms with van der Waals surface area (Å²) in [5, 5.41) is 0. The van der Waals surface area contributed by atoms with Gasteiger partial charge < -0.3 is 0 Å². The van der Waals surface area contributed by atoms with Crippen LogP contribution in [-0.4, -0.2) is 45.7 Å². The normalized spacial score (nSPS) is 11.3. The van der Waals surface area contributed by atoms with Crippen LogP contribution in [0.1, 0.15) is 0 Å². The molecule has 4 nitrogen and oxygen atoms in total. The summed E-state index contributed by atoms with van der Waals surface area (Å²) in [6.07, 6.45) is 3.29. The summed E-state index contributed by atoms with van der Waals surface area (Å²) in [7, 11) is 0. The van der Waals surface area contributed by atoms with Crippen LogP contribution in [0.3, 0.4) is 0 Å². The maximum absolute atomic E-state index is 4.30. The third-order valence-electron chi connectivity index (χ3n) is 1.46. The first-order valence-electron chi connectivity index (χ1n) is 3.77. The number of imidazole rings is 1. The second kappa shape index (κ2) is 3.79. The van der Waals surface area contributed by atoms with Crippen LogP contribution in [0.5, 0.6) is 0 Å². The fourth-order valence-electron chi connectivity index (χ4n) is 0.985. The Morgan fingerprint density at radius 2 is 2.15 bits per heavy atom. The van der Waals surface area contributed by atoms with Crippen LogP contribution in [0.25, 0.3) is 11.2 Å². The van der Waals surface area contributed by atoms with E-state index >= 15 is 0 Å². The Balaban J connectivity index is 2.48. The van der Waals surface area contributed by atoms with Gasteiger partial charge in [0.15, 0.2) is 0 Å². The molecule has 1 N–H and O–H groups in total. The molecule has 0 saturated carbocycles. The van der Waals surface area contributed by atoms with Gasteiger partial charge in [-0.05, 0) is 0 Å². The van der Waals surface area contributed by atoms with E-state index in [-0.39, 0.29) is 0 Å². The van der Waals surface area contributed by atoms with Gasteiger partial charge >= 0.3 is 85.5 Å². The van der Waals surface area contributed by atoms with Gasteiger partial charge in [0.05, 0.1) is 0 Å². The molecule has 0 amide bonds. The first-order valence-corrected chi connectivity index (χ1v) is 13.1. The number of aromatic amines is 1. The van der Waals surface area contributed by atoms with Crippen molar-refractivity contribution < 1.29 is 0 Å². The second-order valence-electron chi connectivity index (χ2n) is 2.68. The average Bonchev–Trinajstić information content (AvgIpc) is 2.51. The topological polar surface area (TPSA) is 54.5 Å². The van der Waals surface area contributed by atoms with E-state index < -0.39 is 12.8 Å². The molecule has 0 aliphatic rings. The summed E-state index contributed by atoms with van der Waals surface area (Å²) in [4.78, 5) is 15.6. The quantitative estimate of drug-likeness (QED) is 0.791. The molecule has 0 aliphatic carbocycles. The van der Waals surface area contributed by atoms with Crippen LogP contribution in [-0.2, 0) is 0 Å². The van der Waals surface area contributed by atoms with E-state index in [0.29, 0.717) is 13.0 Å². The zero-order valence-electron chi connectivity index (χ0n) is 7.35. The van der Waals surface area contributed by atoms with E-state index in [2.05, 4.69) is 31.4 Å². The molecular weight excluding hydrogens is 294 g/mol. The summed E-state index contributed by atoms with van der Waals surface area (Å²) in [5.74, 6) is 0. The first-order chi connectivity index (χ1) is 6.27. The number of H-pyrrole nitrogens is 1. The monoisotopic (exact) mass is 304 g/mol. The van der Waals surface area contributed by atoms with Crippen molar-refractivity contribution in [1.29, 1.82) is 0 Å². The molecule has 6 heteroatoms. The molecule has 2 rings (SSSR count). The van der Waals surface area contributed by atoms with Crippen molar-refractivity contribution in [3.05, 3.63) is 12.7 Å². The van der Waals surface area contributed by atoms with E-state index in [0.717, 1.165) is 11.2 Å². The van der Waals surface area contributed by atoms with Crippen molar-refractivity contribution in [2.24, 2.45) is 0 Å². The van der Waals surface area contributed by atoms with Crippen LogP contribution < -0.4 is 4.59 Å². The van der Waals surface area contributed by atoms with Crippen molar-refractivity contribution in [1.82, 2.24) is 19.9 Å². The van der Waals surface area contributed by atoms with Crippen LogP contribution in [0.2, 0.25) is 11.4 Å². The van der Waals surface area contributed by atoms with Crippen LogP contribution in [0.4, 0.5) is 0 Å². The fourth-order valence-corrected chi connectivity index (χ4v) is 7.69. The molecular formula is C7H9AsN4Se. The number of nitrogens with one attached hydrogen (secondary N) is 1. The maximum atomic E-state index is 4.30. The molecule has 0 bridgehead atoms. The number of hydrogen-bond donors (Lipinski definition) is 1. The molecule has 0 unspecified atom stereocenters. The third-order valence-corrected chi connectivity index (χ3v) is 9.10. The van der Waals surface area contributed by atoms with Gasteiger partial charge in [0, 0.05) is 0 Å². The number of nitrogens with zero attached hydrogens (tertiary/aromatic N) is 3. The SMILES string of the molecule is C[As](C)[Se]c1ncnc2nc[nH]c12. The number of hydrogen-bond acceptors (Lipinski definition) is 3. The summed E-state index contributed by atoms with van der Waals surface area (Å²) in [6, 6.07) is 0. The van der Waals surface area contributed by atoms with Gasteiger partial charge in [-0.15, -0.1) is 0 Å². The van der Waals surface area contributed by atoms with Gasteiger partial charge in [0.2, 0.25) is 0 Å². The second-order valence-corrected chi connectivity index (χ2v) is 17.2. The zero-order valence-corrected chi connectivity index (χ0v) is 10.9. The van der Waals surface area contributed by atoms with Crippen LogP contribution >= 0.6 is 0 Å². The number of aromatic nitrogens is 4. The van der Waals surface area contributed by atoms with Crippen molar-refractivity contribution in [2.75, 3.05) is 0 Å². The van der Waals surface area contributed by atoms with Crippen LogP contribution in [0.15, 0.2) is 12.7 Å². The van der Waals surface area contributed by atoms with Gasteiger partial charge in [-0.3, -0.25) is 0 Å².